The molecular formula is C22H27N3. The number of hydrogen-bond donors (Lipinski definition) is 1. The first-order chi connectivity index (χ1) is 12.3. The molecule has 3 heteroatoms. The SMILES string of the molecule is Cc1cccc2c(CN3CCN(CCc4ccccc4)CC3)c[nH]c12. The van der Waals surface area contributed by atoms with E-state index in [1.54, 1.807) is 0 Å². The first-order valence-electron chi connectivity index (χ1n) is 9.34. The normalized spacial score (nSPS) is 16.5. The Morgan fingerprint density at radius 3 is 2.44 bits per heavy atom. The van der Waals surface area contributed by atoms with Crippen molar-refractivity contribution in [2.75, 3.05) is 32.7 Å². The minimum Gasteiger partial charge on any atom is -0.361 e. The van der Waals surface area contributed by atoms with Crippen LogP contribution < -0.4 is 0 Å². The highest BCUT2D eigenvalue weighted by Gasteiger charge is 2.18. The topological polar surface area (TPSA) is 22.3 Å². The Kier molecular flexibility index (Phi) is 4.86. The summed E-state index contributed by atoms with van der Waals surface area (Å²) in [6, 6.07) is 17.4. The van der Waals surface area contributed by atoms with Gasteiger partial charge in [-0.25, -0.2) is 0 Å². The van der Waals surface area contributed by atoms with Gasteiger partial charge in [-0.3, -0.25) is 4.90 Å². The number of nitrogens with zero attached hydrogens (tertiary/aromatic N) is 2. The van der Waals surface area contributed by atoms with E-state index >= 15 is 0 Å². The molecule has 1 saturated heterocycles. The molecule has 2 aromatic carbocycles. The fourth-order valence-corrected chi connectivity index (χ4v) is 3.84. The van der Waals surface area contributed by atoms with Crippen molar-refractivity contribution in [2.24, 2.45) is 0 Å². The summed E-state index contributed by atoms with van der Waals surface area (Å²) in [6.07, 6.45) is 3.35. The maximum atomic E-state index is 3.46. The number of aromatic nitrogens is 1. The summed E-state index contributed by atoms with van der Waals surface area (Å²) in [7, 11) is 0. The Hall–Kier alpha value is -2.10. The quantitative estimate of drug-likeness (QED) is 0.766. The van der Waals surface area contributed by atoms with Crippen LogP contribution in [0.15, 0.2) is 54.7 Å². The molecule has 3 aromatic rings. The fraction of sp³-hybridized carbons (Fsp3) is 0.364. The maximum Gasteiger partial charge on any atom is 0.0487 e. The lowest BCUT2D eigenvalue weighted by Crippen LogP contribution is -2.46. The summed E-state index contributed by atoms with van der Waals surface area (Å²) in [4.78, 5) is 8.64. The van der Waals surface area contributed by atoms with Crippen LogP contribution in [0.5, 0.6) is 0 Å². The van der Waals surface area contributed by atoms with Gasteiger partial charge >= 0.3 is 0 Å². The van der Waals surface area contributed by atoms with Crippen LogP contribution in [0.1, 0.15) is 16.7 Å². The van der Waals surface area contributed by atoms with Crippen LogP contribution in [0.4, 0.5) is 0 Å². The zero-order chi connectivity index (χ0) is 17.1. The Balaban J connectivity index is 1.30. The minimum absolute atomic E-state index is 1.05. The number of fused-ring (bicyclic) bond motifs is 1. The van der Waals surface area contributed by atoms with E-state index in [4.69, 9.17) is 0 Å². The van der Waals surface area contributed by atoms with Crippen LogP contribution in [0.25, 0.3) is 10.9 Å². The van der Waals surface area contributed by atoms with Gasteiger partial charge in [-0.2, -0.15) is 0 Å². The summed E-state index contributed by atoms with van der Waals surface area (Å²) < 4.78 is 0. The largest absolute Gasteiger partial charge is 0.361 e. The second-order valence-electron chi connectivity index (χ2n) is 7.16. The molecule has 3 nitrogen and oxygen atoms in total. The van der Waals surface area contributed by atoms with E-state index in [1.807, 2.05) is 0 Å². The van der Waals surface area contributed by atoms with Crippen LogP contribution in [0.2, 0.25) is 0 Å². The molecule has 1 aliphatic heterocycles. The monoisotopic (exact) mass is 333 g/mol. The maximum absolute atomic E-state index is 3.46. The van der Waals surface area contributed by atoms with E-state index in [9.17, 15) is 0 Å². The molecule has 1 aromatic heterocycles. The number of hydrogen-bond acceptors (Lipinski definition) is 2. The van der Waals surface area contributed by atoms with E-state index in [0.29, 0.717) is 0 Å². The first kappa shape index (κ1) is 16.4. The van der Waals surface area contributed by atoms with E-state index in [1.165, 1.54) is 47.2 Å². The van der Waals surface area contributed by atoms with Crippen LogP contribution in [-0.2, 0) is 13.0 Å². The molecule has 0 aliphatic carbocycles. The molecule has 0 spiro atoms. The molecule has 0 saturated carbocycles. The Labute approximate surface area is 150 Å². The summed E-state index contributed by atoms with van der Waals surface area (Å²) in [6.45, 7) is 9.07. The summed E-state index contributed by atoms with van der Waals surface area (Å²) in [5.41, 5.74) is 5.49. The smallest absolute Gasteiger partial charge is 0.0487 e. The van der Waals surface area contributed by atoms with Crippen LogP contribution in [0, 0.1) is 6.92 Å². The van der Waals surface area contributed by atoms with Gasteiger partial charge in [0.2, 0.25) is 0 Å². The van der Waals surface area contributed by atoms with Crippen LogP contribution >= 0.6 is 0 Å². The van der Waals surface area contributed by atoms with Crippen molar-refractivity contribution in [1.82, 2.24) is 14.8 Å². The van der Waals surface area contributed by atoms with Crippen molar-refractivity contribution in [2.45, 2.75) is 19.9 Å². The van der Waals surface area contributed by atoms with Gasteiger partial charge in [0, 0.05) is 56.4 Å². The van der Waals surface area contributed by atoms with Crippen molar-refractivity contribution in [3.63, 3.8) is 0 Å². The highest BCUT2D eigenvalue weighted by molar-refractivity contribution is 5.85. The lowest BCUT2D eigenvalue weighted by molar-refractivity contribution is 0.128. The minimum atomic E-state index is 1.05. The number of nitrogens with one attached hydrogen (secondary N) is 1. The molecule has 1 aliphatic rings. The summed E-state index contributed by atoms with van der Waals surface area (Å²) in [5.74, 6) is 0. The molecule has 0 radical (unpaired) electrons. The van der Waals surface area contributed by atoms with Gasteiger partial charge in [-0.05, 0) is 30.0 Å². The van der Waals surface area contributed by atoms with Crippen molar-refractivity contribution >= 4 is 10.9 Å². The van der Waals surface area contributed by atoms with E-state index in [2.05, 4.69) is 76.4 Å². The molecule has 2 heterocycles. The Morgan fingerprint density at radius 1 is 0.880 bits per heavy atom. The third-order valence-electron chi connectivity index (χ3n) is 5.43. The van der Waals surface area contributed by atoms with Crippen molar-refractivity contribution < 1.29 is 0 Å². The molecule has 0 atom stereocenters. The molecule has 130 valence electrons. The fourth-order valence-electron chi connectivity index (χ4n) is 3.84. The molecule has 25 heavy (non-hydrogen) atoms. The predicted octanol–water partition coefficient (Wildman–Crippen LogP) is 3.84. The molecule has 0 amide bonds. The standard InChI is InChI=1S/C22H27N3/c1-18-6-5-9-21-20(16-23-22(18)21)17-25-14-12-24(13-15-25)11-10-19-7-3-2-4-8-19/h2-9,16,23H,10-15,17H2,1H3. The van der Waals surface area contributed by atoms with Gasteiger partial charge in [-0.15, -0.1) is 0 Å². The van der Waals surface area contributed by atoms with E-state index in [0.717, 1.165) is 26.1 Å². The molecule has 1 fully saturated rings. The number of benzene rings is 2. The summed E-state index contributed by atoms with van der Waals surface area (Å²) in [5, 5.41) is 1.38. The molecule has 0 bridgehead atoms. The number of aromatic amines is 1. The predicted molar refractivity (Wildman–Crippen MR) is 105 cm³/mol. The molecule has 0 unspecified atom stereocenters. The lowest BCUT2D eigenvalue weighted by Gasteiger charge is -2.34. The van der Waals surface area contributed by atoms with Gasteiger partial charge in [0.1, 0.15) is 0 Å². The average Bonchev–Trinajstić information content (AvgIpc) is 3.06. The van der Waals surface area contributed by atoms with Crippen molar-refractivity contribution in [3.05, 3.63) is 71.4 Å². The highest BCUT2D eigenvalue weighted by atomic mass is 15.3. The number of aryl methyl sites for hydroxylation is 1. The van der Waals surface area contributed by atoms with Crippen LogP contribution in [0.3, 0.4) is 0 Å². The number of rotatable bonds is 5. The Bertz CT molecular complexity index is 814. The number of H-pyrrole nitrogens is 1. The number of piperazine rings is 1. The second-order valence-corrected chi connectivity index (χ2v) is 7.16. The second kappa shape index (κ2) is 7.42. The van der Waals surface area contributed by atoms with Gasteiger partial charge < -0.3 is 9.88 Å². The zero-order valence-electron chi connectivity index (χ0n) is 15.0. The van der Waals surface area contributed by atoms with Crippen molar-refractivity contribution in [3.8, 4) is 0 Å². The van der Waals surface area contributed by atoms with Gasteiger partial charge in [0.25, 0.3) is 0 Å². The summed E-state index contributed by atoms with van der Waals surface area (Å²) >= 11 is 0. The van der Waals surface area contributed by atoms with E-state index < -0.39 is 0 Å². The zero-order valence-corrected chi connectivity index (χ0v) is 15.0. The molecule has 1 N–H and O–H groups in total. The Morgan fingerprint density at radius 2 is 1.64 bits per heavy atom. The van der Waals surface area contributed by atoms with Gasteiger partial charge in [0.05, 0.1) is 0 Å². The van der Waals surface area contributed by atoms with Gasteiger partial charge in [-0.1, -0.05) is 48.5 Å². The van der Waals surface area contributed by atoms with Crippen LogP contribution in [-0.4, -0.2) is 47.5 Å². The highest BCUT2D eigenvalue weighted by Crippen LogP contribution is 2.22. The third-order valence-corrected chi connectivity index (χ3v) is 5.43. The molecule has 4 rings (SSSR count). The van der Waals surface area contributed by atoms with Gasteiger partial charge in [0.15, 0.2) is 0 Å². The van der Waals surface area contributed by atoms with E-state index in [-0.39, 0.29) is 0 Å². The first-order valence-corrected chi connectivity index (χ1v) is 9.34. The average molecular weight is 333 g/mol. The third kappa shape index (κ3) is 3.78. The number of para-hydroxylation sites is 1. The van der Waals surface area contributed by atoms with Crippen molar-refractivity contribution in [1.29, 1.82) is 0 Å². The molecular weight excluding hydrogens is 306 g/mol. The lowest BCUT2D eigenvalue weighted by atomic mass is 10.1.